The third kappa shape index (κ3) is 6.52. The maximum atomic E-state index is 13.4. The van der Waals surface area contributed by atoms with Gasteiger partial charge >= 0.3 is 5.97 Å². The molecule has 0 saturated carbocycles. The highest BCUT2D eigenvalue weighted by atomic mass is 16.5. The molecule has 4 aromatic carbocycles. The van der Waals surface area contributed by atoms with Crippen molar-refractivity contribution in [3.05, 3.63) is 93.6 Å². The van der Waals surface area contributed by atoms with Crippen molar-refractivity contribution < 1.29 is 53.7 Å². The zero-order valence-corrected chi connectivity index (χ0v) is 25.6. The van der Waals surface area contributed by atoms with Crippen LogP contribution in [0.15, 0.2) is 75.9 Å². The number of methoxy groups -OCH3 is 3. The molecular weight excluding hydrogens is 612 g/mol. The Bertz CT molecular complexity index is 2000. The molecule has 244 valence electrons. The predicted octanol–water partition coefficient (Wildman–Crippen LogP) is 5.32. The fraction of sp³-hybridized carbons (Fsp3) is 0.200. The van der Waals surface area contributed by atoms with E-state index in [9.17, 15) is 35.1 Å². The zero-order valence-electron chi connectivity index (χ0n) is 25.6. The Balaban J connectivity index is 1.60. The number of hydrogen-bond acceptors (Lipinski definition) is 12. The van der Waals surface area contributed by atoms with E-state index < -0.39 is 57.2 Å². The first-order chi connectivity index (χ1) is 22.6. The van der Waals surface area contributed by atoms with Gasteiger partial charge in [0.25, 0.3) is 0 Å². The molecule has 1 heterocycles. The van der Waals surface area contributed by atoms with Gasteiger partial charge in [0.2, 0.25) is 11.2 Å². The number of phenolic OH excluding ortho intramolecular Hbond substituents is 4. The maximum Gasteiger partial charge on any atom is 0.306 e. The van der Waals surface area contributed by atoms with Crippen molar-refractivity contribution >= 4 is 16.9 Å². The van der Waals surface area contributed by atoms with Gasteiger partial charge in [0.1, 0.15) is 28.2 Å². The first kappa shape index (κ1) is 32.4. The molecule has 5 aromatic rings. The zero-order chi connectivity index (χ0) is 33.8. The highest BCUT2D eigenvalue weighted by molar-refractivity contribution is 5.92. The van der Waals surface area contributed by atoms with Gasteiger partial charge in [0.15, 0.2) is 28.8 Å². The van der Waals surface area contributed by atoms with Crippen LogP contribution in [0, 0.1) is 0 Å². The van der Waals surface area contributed by atoms with Gasteiger partial charge in [-0.25, -0.2) is 0 Å². The Morgan fingerprint density at radius 3 is 2.19 bits per heavy atom. The van der Waals surface area contributed by atoms with Crippen LogP contribution in [-0.4, -0.2) is 59.4 Å². The van der Waals surface area contributed by atoms with Crippen molar-refractivity contribution in [2.45, 2.75) is 18.8 Å². The van der Waals surface area contributed by atoms with E-state index in [1.807, 2.05) is 24.3 Å². The molecule has 5 rings (SSSR count). The molecule has 0 unspecified atom stereocenters. The minimum absolute atomic E-state index is 0.00733. The van der Waals surface area contributed by atoms with Gasteiger partial charge < -0.3 is 48.9 Å². The SMILES string of the molecule is COC(=O)C[C@H](c1ccc(OCCc2ccc(OC)cc2)c(OC)c1)c1c(O)cc(O)c2c(=O)c(O)c(-c3ccc(O)c(O)c3)oc12. The van der Waals surface area contributed by atoms with Gasteiger partial charge in [-0.05, 0) is 53.6 Å². The summed E-state index contributed by atoms with van der Waals surface area (Å²) in [4.78, 5) is 26.1. The van der Waals surface area contributed by atoms with Crippen LogP contribution in [0.4, 0.5) is 0 Å². The van der Waals surface area contributed by atoms with E-state index in [2.05, 4.69) is 0 Å². The summed E-state index contributed by atoms with van der Waals surface area (Å²) in [5.74, 6) is -3.74. The van der Waals surface area contributed by atoms with Crippen LogP contribution >= 0.6 is 0 Å². The van der Waals surface area contributed by atoms with E-state index >= 15 is 0 Å². The number of phenols is 4. The lowest BCUT2D eigenvalue weighted by Crippen LogP contribution is -2.13. The summed E-state index contributed by atoms with van der Waals surface area (Å²) in [6, 6.07) is 16.9. The van der Waals surface area contributed by atoms with Crippen molar-refractivity contribution in [2.24, 2.45) is 0 Å². The molecule has 12 nitrogen and oxygen atoms in total. The third-order valence-corrected chi connectivity index (χ3v) is 7.72. The number of fused-ring (bicyclic) bond motifs is 1. The molecule has 0 amide bonds. The van der Waals surface area contributed by atoms with Crippen LogP contribution in [0.1, 0.15) is 29.0 Å². The van der Waals surface area contributed by atoms with Crippen LogP contribution in [0.3, 0.4) is 0 Å². The largest absolute Gasteiger partial charge is 0.507 e. The Hall–Kier alpha value is -6.04. The van der Waals surface area contributed by atoms with Crippen molar-refractivity contribution in [1.82, 2.24) is 0 Å². The molecule has 0 bridgehead atoms. The molecule has 0 spiro atoms. The van der Waals surface area contributed by atoms with E-state index in [1.54, 1.807) is 25.3 Å². The Labute approximate surface area is 268 Å². The van der Waals surface area contributed by atoms with Crippen LogP contribution in [0.5, 0.6) is 46.0 Å². The lowest BCUT2D eigenvalue weighted by atomic mass is 9.86. The van der Waals surface area contributed by atoms with Gasteiger partial charge in [0.05, 0.1) is 34.4 Å². The summed E-state index contributed by atoms with van der Waals surface area (Å²) in [7, 11) is 4.24. The predicted molar refractivity (Wildman–Crippen MR) is 170 cm³/mol. The summed E-state index contributed by atoms with van der Waals surface area (Å²) in [5.41, 5.74) is 0.0241. The normalized spacial score (nSPS) is 11.6. The van der Waals surface area contributed by atoms with Crippen LogP contribution in [0.2, 0.25) is 0 Å². The number of rotatable bonds is 11. The standard InChI is InChI=1S/C35H32O12/c1-43-21-8-4-18(5-9-21)12-13-46-27-11-7-19(15-28(27)44-2)22(16-29(40)45-3)30-25(38)17-26(39)31-32(41)33(42)34(47-35(30)31)20-6-10-23(36)24(37)14-20/h4-11,14-15,17,22,36-39,42H,12-13,16H2,1-3H3/t22-/m1/s1. The minimum atomic E-state index is -1.04. The lowest BCUT2D eigenvalue weighted by Gasteiger charge is -2.22. The summed E-state index contributed by atoms with van der Waals surface area (Å²) in [5, 5.41) is 51.9. The molecule has 0 saturated heterocycles. The molecule has 47 heavy (non-hydrogen) atoms. The molecule has 12 heteroatoms. The van der Waals surface area contributed by atoms with Crippen LogP contribution in [-0.2, 0) is 16.0 Å². The topological polar surface area (TPSA) is 185 Å². The van der Waals surface area contributed by atoms with Crippen molar-refractivity contribution in [3.8, 4) is 57.3 Å². The maximum absolute atomic E-state index is 13.4. The van der Waals surface area contributed by atoms with E-state index in [0.29, 0.717) is 30.1 Å². The van der Waals surface area contributed by atoms with Gasteiger partial charge in [-0.3, -0.25) is 9.59 Å². The van der Waals surface area contributed by atoms with E-state index in [1.165, 1.54) is 20.3 Å². The number of ether oxygens (including phenoxy) is 4. The smallest absolute Gasteiger partial charge is 0.306 e. The summed E-state index contributed by atoms with van der Waals surface area (Å²) in [6.07, 6.45) is 0.255. The Morgan fingerprint density at radius 1 is 0.787 bits per heavy atom. The molecule has 0 aliphatic heterocycles. The first-order valence-electron chi connectivity index (χ1n) is 14.3. The molecule has 1 atom stereocenters. The second-order valence-electron chi connectivity index (χ2n) is 10.5. The molecule has 0 fully saturated rings. The van der Waals surface area contributed by atoms with Crippen molar-refractivity contribution in [2.75, 3.05) is 27.9 Å². The fourth-order valence-corrected chi connectivity index (χ4v) is 5.27. The van der Waals surface area contributed by atoms with E-state index in [-0.39, 0.29) is 23.1 Å². The Kier molecular flexibility index (Phi) is 9.31. The molecule has 0 aliphatic carbocycles. The quantitative estimate of drug-likeness (QED) is 0.0922. The van der Waals surface area contributed by atoms with Gasteiger partial charge in [-0.15, -0.1) is 0 Å². The second-order valence-corrected chi connectivity index (χ2v) is 10.5. The van der Waals surface area contributed by atoms with Gasteiger partial charge in [0, 0.05) is 29.5 Å². The average Bonchev–Trinajstić information content (AvgIpc) is 3.07. The number of carbonyl (C=O) groups excluding carboxylic acids is 1. The van der Waals surface area contributed by atoms with Crippen LogP contribution in [0.25, 0.3) is 22.3 Å². The summed E-state index contributed by atoms with van der Waals surface area (Å²) >= 11 is 0. The molecule has 0 radical (unpaired) electrons. The molecule has 5 N–H and O–H groups in total. The molecular formula is C35H32O12. The van der Waals surface area contributed by atoms with Gasteiger partial charge in [-0.1, -0.05) is 18.2 Å². The van der Waals surface area contributed by atoms with E-state index in [0.717, 1.165) is 29.5 Å². The number of carbonyl (C=O) groups is 1. The lowest BCUT2D eigenvalue weighted by molar-refractivity contribution is -0.140. The first-order valence-corrected chi connectivity index (χ1v) is 14.3. The highest BCUT2D eigenvalue weighted by Gasteiger charge is 2.30. The molecule has 1 aromatic heterocycles. The highest BCUT2D eigenvalue weighted by Crippen LogP contribution is 2.46. The summed E-state index contributed by atoms with van der Waals surface area (Å²) in [6.45, 7) is 0.321. The average molecular weight is 645 g/mol. The van der Waals surface area contributed by atoms with Gasteiger partial charge in [-0.2, -0.15) is 0 Å². The molecule has 0 aliphatic rings. The minimum Gasteiger partial charge on any atom is -0.507 e. The third-order valence-electron chi connectivity index (χ3n) is 7.72. The number of esters is 1. The number of aromatic hydroxyl groups is 5. The van der Waals surface area contributed by atoms with Crippen molar-refractivity contribution in [1.29, 1.82) is 0 Å². The number of hydrogen-bond donors (Lipinski definition) is 5. The van der Waals surface area contributed by atoms with E-state index in [4.69, 9.17) is 23.4 Å². The summed E-state index contributed by atoms with van der Waals surface area (Å²) < 4.78 is 27.7. The fourth-order valence-electron chi connectivity index (χ4n) is 5.27. The van der Waals surface area contributed by atoms with Crippen LogP contribution < -0.4 is 19.6 Å². The van der Waals surface area contributed by atoms with Crippen molar-refractivity contribution in [3.63, 3.8) is 0 Å². The number of benzene rings is 4. The second kappa shape index (κ2) is 13.5. The monoisotopic (exact) mass is 644 g/mol. The Morgan fingerprint density at radius 2 is 1.53 bits per heavy atom.